The number of carbonyl (C=O) groups is 1. The summed E-state index contributed by atoms with van der Waals surface area (Å²) in [5.41, 5.74) is 7.48. The molecule has 8 heteroatoms. The Labute approximate surface area is 142 Å². The highest BCUT2D eigenvalue weighted by Crippen LogP contribution is 2.32. The van der Waals surface area contributed by atoms with E-state index in [9.17, 15) is 4.79 Å². The standard InChI is InChI=1S/C16H17N5O2S/c1-8-12-14(17)20-9(2)21-16(12)24-13(8)15(22)19-7-10-6-11(23-3)4-5-18-10/h4-6H,7H2,1-3H3,(H,19,22)(H2,17,20,21). The molecule has 124 valence electrons. The average Bonchev–Trinajstić information content (AvgIpc) is 2.89. The number of aryl methyl sites for hydroxylation is 2. The van der Waals surface area contributed by atoms with E-state index >= 15 is 0 Å². The van der Waals surface area contributed by atoms with Crippen LogP contribution in [0, 0.1) is 13.8 Å². The zero-order valence-electron chi connectivity index (χ0n) is 13.6. The van der Waals surface area contributed by atoms with Crippen LogP contribution in [0.25, 0.3) is 10.2 Å². The van der Waals surface area contributed by atoms with Crippen molar-refractivity contribution in [3.8, 4) is 5.75 Å². The summed E-state index contributed by atoms with van der Waals surface area (Å²) in [7, 11) is 1.59. The van der Waals surface area contributed by atoms with Crippen LogP contribution in [0.1, 0.15) is 26.8 Å². The second-order valence-corrected chi connectivity index (χ2v) is 6.26. The van der Waals surface area contributed by atoms with Gasteiger partial charge in [0.2, 0.25) is 0 Å². The number of methoxy groups -OCH3 is 1. The molecular formula is C16H17N5O2S. The molecule has 0 saturated heterocycles. The van der Waals surface area contributed by atoms with Gasteiger partial charge in [-0.05, 0) is 25.5 Å². The van der Waals surface area contributed by atoms with E-state index in [-0.39, 0.29) is 5.91 Å². The van der Waals surface area contributed by atoms with Crippen molar-refractivity contribution in [2.45, 2.75) is 20.4 Å². The molecule has 0 fully saturated rings. The highest BCUT2D eigenvalue weighted by Gasteiger charge is 2.19. The molecule has 7 nitrogen and oxygen atoms in total. The first-order valence-corrected chi connectivity index (χ1v) is 8.11. The van der Waals surface area contributed by atoms with Gasteiger partial charge >= 0.3 is 0 Å². The summed E-state index contributed by atoms with van der Waals surface area (Å²) in [6, 6.07) is 3.54. The fourth-order valence-corrected chi connectivity index (χ4v) is 3.58. The Morgan fingerprint density at radius 2 is 2.17 bits per heavy atom. The van der Waals surface area contributed by atoms with Crippen molar-refractivity contribution in [3.63, 3.8) is 0 Å². The Kier molecular flexibility index (Phi) is 4.30. The number of fused-ring (bicyclic) bond motifs is 1. The Hall–Kier alpha value is -2.74. The van der Waals surface area contributed by atoms with Crippen LogP contribution in [-0.4, -0.2) is 28.0 Å². The third kappa shape index (κ3) is 3.00. The van der Waals surface area contributed by atoms with Crippen LogP contribution in [0.2, 0.25) is 0 Å². The summed E-state index contributed by atoms with van der Waals surface area (Å²) < 4.78 is 5.15. The number of nitrogens with zero attached hydrogens (tertiary/aromatic N) is 3. The first-order chi connectivity index (χ1) is 11.5. The van der Waals surface area contributed by atoms with Crippen LogP contribution in [0.3, 0.4) is 0 Å². The normalized spacial score (nSPS) is 10.8. The van der Waals surface area contributed by atoms with Crippen LogP contribution in [0.5, 0.6) is 5.75 Å². The maximum Gasteiger partial charge on any atom is 0.262 e. The van der Waals surface area contributed by atoms with E-state index in [0.29, 0.717) is 28.8 Å². The lowest BCUT2D eigenvalue weighted by Crippen LogP contribution is -2.23. The minimum atomic E-state index is -0.183. The van der Waals surface area contributed by atoms with E-state index < -0.39 is 0 Å². The first-order valence-electron chi connectivity index (χ1n) is 7.30. The number of ether oxygens (including phenoxy) is 1. The van der Waals surface area contributed by atoms with Crippen LogP contribution >= 0.6 is 11.3 Å². The third-order valence-corrected chi connectivity index (χ3v) is 4.77. The Balaban J connectivity index is 1.83. The van der Waals surface area contributed by atoms with Gasteiger partial charge in [-0.3, -0.25) is 9.78 Å². The van der Waals surface area contributed by atoms with E-state index in [1.54, 1.807) is 32.4 Å². The summed E-state index contributed by atoms with van der Waals surface area (Å²) in [5, 5.41) is 3.61. The van der Waals surface area contributed by atoms with E-state index in [0.717, 1.165) is 21.5 Å². The van der Waals surface area contributed by atoms with Gasteiger partial charge in [-0.15, -0.1) is 11.3 Å². The number of thiophene rings is 1. The van der Waals surface area contributed by atoms with Crippen LogP contribution in [-0.2, 0) is 6.54 Å². The van der Waals surface area contributed by atoms with E-state index in [2.05, 4.69) is 20.3 Å². The van der Waals surface area contributed by atoms with Crippen molar-refractivity contribution in [1.82, 2.24) is 20.3 Å². The Morgan fingerprint density at radius 3 is 2.92 bits per heavy atom. The van der Waals surface area contributed by atoms with Gasteiger partial charge in [0.05, 0.1) is 29.6 Å². The number of rotatable bonds is 4. The summed E-state index contributed by atoms with van der Waals surface area (Å²) in [6.45, 7) is 3.94. The van der Waals surface area contributed by atoms with Crippen molar-refractivity contribution in [2.24, 2.45) is 0 Å². The number of pyridine rings is 1. The lowest BCUT2D eigenvalue weighted by atomic mass is 10.2. The molecule has 0 aliphatic rings. The van der Waals surface area contributed by atoms with Crippen LogP contribution in [0.4, 0.5) is 5.82 Å². The SMILES string of the molecule is COc1ccnc(CNC(=O)c2sc3nc(C)nc(N)c3c2C)c1. The fourth-order valence-electron chi connectivity index (χ4n) is 2.43. The topological polar surface area (TPSA) is 103 Å². The predicted molar refractivity (Wildman–Crippen MR) is 93.3 cm³/mol. The van der Waals surface area contributed by atoms with Gasteiger partial charge in [0.1, 0.15) is 22.2 Å². The van der Waals surface area contributed by atoms with Gasteiger partial charge in [0.25, 0.3) is 5.91 Å². The van der Waals surface area contributed by atoms with E-state index in [1.165, 1.54) is 11.3 Å². The number of amides is 1. The summed E-state index contributed by atoms with van der Waals surface area (Å²) in [5.74, 6) is 1.51. The number of carbonyl (C=O) groups excluding carboxylic acids is 1. The first kappa shape index (κ1) is 16.1. The second-order valence-electron chi connectivity index (χ2n) is 5.26. The molecule has 0 aromatic carbocycles. The van der Waals surface area contributed by atoms with Gasteiger partial charge in [-0.1, -0.05) is 0 Å². The molecular weight excluding hydrogens is 326 g/mol. The van der Waals surface area contributed by atoms with Crippen molar-refractivity contribution in [2.75, 3.05) is 12.8 Å². The Bertz CT molecular complexity index is 922. The molecule has 1 amide bonds. The maximum absolute atomic E-state index is 12.5. The molecule has 3 aromatic rings. The Morgan fingerprint density at radius 1 is 1.38 bits per heavy atom. The lowest BCUT2D eigenvalue weighted by Gasteiger charge is -2.06. The number of aromatic nitrogens is 3. The van der Waals surface area contributed by atoms with Gasteiger partial charge in [-0.25, -0.2) is 9.97 Å². The van der Waals surface area contributed by atoms with Crippen molar-refractivity contribution in [1.29, 1.82) is 0 Å². The zero-order valence-corrected chi connectivity index (χ0v) is 14.4. The molecule has 0 radical (unpaired) electrons. The molecule has 3 aromatic heterocycles. The van der Waals surface area contributed by atoms with Gasteiger partial charge in [-0.2, -0.15) is 0 Å². The number of hydrogen-bond donors (Lipinski definition) is 2. The molecule has 3 heterocycles. The smallest absolute Gasteiger partial charge is 0.262 e. The predicted octanol–water partition coefficient (Wildman–Crippen LogP) is 2.22. The molecule has 3 N–H and O–H groups in total. The number of nitrogens with two attached hydrogens (primary N) is 1. The highest BCUT2D eigenvalue weighted by atomic mass is 32.1. The molecule has 24 heavy (non-hydrogen) atoms. The second kappa shape index (κ2) is 6.40. The van der Waals surface area contributed by atoms with Crippen LogP contribution < -0.4 is 15.8 Å². The molecule has 0 spiro atoms. The molecule has 0 unspecified atom stereocenters. The quantitative estimate of drug-likeness (QED) is 0.753. The van der Waals surface area contributed by atoms with E-state index in [4.69, 9.17) is 10.5 Å². The fraction of sp³-hybridized carbons (Fsp3) is 0.250. The summed E-state index contributed by atoms with van der Waals surface area (Å²) in [4.78, 5) is 26.6. The van der Waals surface area contributed by atoms with Crippen LogP contribution in [0.15, 0.2) is 18.3 Å². The molecule has 0 atom stereocenters. The van der Waals surface area contributed by atoms with Crippen molar-refractivity contribution < 1.29 is 9.53 Å². The molecule has 0 aliphatic carbocycles. The summed E-state index contributed by atoms with van der Waals surface area (Å²) in [6.07, 6.45) is 1.64. The minimum Gasteiger partial charge on any atom is -0.497 e. The molecule has 0 aliphatic heterocycles. The number of hydrogen-bond acceptors (Lipinski definition) is 7. The molecule has 0 bridgehead atoms. The number of anilines is 1. The molecule has 0 saturated carbocycles. The summed E-state index contributed by atoms with van der Waals surface area (Å²) >= 11 is 1.31. The zero-order chi connectivity index (χ0) is 17.3. The van der Waals surface area contributed by atoms with Gasteiger partial charge < -0.3 is 15.8 Å². The third-order valence-electron chi connectivity index (χ3n) is 3.59. The van der Waals surface area contributed by atoms with Gasteiger partial charge in [0, 0.05) is 12.3 Å². The van der Waals surface area contributed by atoms with Crippen molar-refractivity contribution in [3.05, 3.63) is 40.3 Å². The van der Waals surface area contributed by atoms with E-state index in [1.807, 2.05) is 6.92 Å². The number of nitrogen functional groups attached to an aromatic ring is 1. The van der Waals surface area contributed by atoms with Crippen molar-refractivity contribution >= 4 is 33.3 Å². The highest BCUT2D eigenvalue weighted by molar-refractivity contribution is 7.20. The monoisotopic (exact) mass is 343 g/mol. The lowest BCUT2D eigenvalue weighted by molar-refractivity contribution is 0.0954. The minimum absolute atomic E-state index is 0.183. The average molecular weight is 343 g/mol. The van der Waals surface area contributed by atoms with Gasteiger partial charge in [0.15, 0.2) is 0 Å². The maximum atomic E-state index is 12.5. The molecule has 3 rings (SSSR count). The number of nitrogens with one attached hydrogen (secondary N) is 1. The largest absolute Gasteiger partial charge is 0.497 e.